The van der Waals surface area contributed by atoms with E-state index in [0.717, 1.165) is 25.6 Å². The van der Waals surface area contributed by atoms with E-state index in [-0.39, 0.29) is 11.7 Å². The summed E-state index contributed by atoms with van der Waals surface area (Å²) in [6.45, 7) is 6.63. The molecule has 1 aliphatic heterocycles. The van der Waals surface area contributed by atoms with Gasteiger partial charge in [0.1, 0.15) is 10.7 Å². The third-order valence-electron chi connectivity index (χ3n) is 4.05. The smallest absolute Gasteiger partial charge is 0.248 e. The van der Waals surface area contributed by atoms with Gasteiger partial charge in [0.25, 0.3) is 0 Å². The van der Waals surface area contributed by atoms with Crippen molar-refractivity contribution in [1.82, 2.24) is 9.21 Å². The Bertz CT molecular complexity index is 582. The Labute approximate surface area is 125 Å². The van der Waals surface area contributed by atoms with E-state index in [0.29, 0.717) is 13.1 Å². The zero-order valence-corrected chi connectivity index (χ0v) is 13.2. The minimum absolute atomic E-state index is 0.0405. The molecule has 2 N–H and O–H groups in total. The largest absolute Gasteiger partial charge is 0.398 e. The molecule has 1 aliphatic rings. The number of likely N-dealkylation sites (N-methyl/N-ethyl adjacent to an activating group) is 1. The van der Waals surface area contributed by atoms with Crippen LogP contribution in [0.2, 0.25) is 0 Å². The van der Waals surface area contributed by atoms with E-state index >= 15 is 0 Å². The number of nitrogens with two attached hydrogens (primary N) is 1. The highest BCUT2D eigenvalue weighted by Crippen LogP contribution is 2.28. The molecule has 1 saturated heterocycles. The van der Waals surface area contributed by atoms with E-state index in [4.69, 9.17) is 5.73 Å². The lowest BCUT2D eigenvalue weighted by molar-refractivity contribution is 0.224. The van der Waals surface area contributed by atoms with Gasteiger partial charge in [-0.3, -0.25) is 4.90 Å². The fourth-order valence-corrected chi connectivity index (χ4v) is 4.55. The van der Waals surface area contributed by atoms with Crippen molar-refractivity contribution in [3.8, 4) is 0 Å². The van der Waals surface area contributed by atoms with E-state index in [1.165, 1.54) is 16.4 Å². The van der Waals surface area contributed by atoms with Crippen LogP contribution in [0.3, 0.4) is 0 Å². The summed E-state index contributed by atoms with van der Waals surface area (Å²) in [4.78, 5) is 1.82. The molecule has 0 radical (unpaired) electrons. The van der Waals surface area contributed by atoms with E-state index in [9.17, 15) is 12.8 Å². The molecule has 0 amide bonds. The van der Waals surface area contributed by atoms with Crippen molar-refractivity contribution in [3.63, 3.8) is 0 Å². The number of halogens is 1. The standard InChI is InChI=1S/C14H22FN3O2S/c1-3-17(4-2)11-8-9-18(10-11)21(19,20)14-12(15)6-5-7-13(14)16/h5-7,11H,3-4,8-10,16H2,1-2H3. The molecule has 1 heterocycles. The maximum absolute atomic E-state index is 13.9. The van der Waals surface area contributed by atoms with Gasteiger partial charge in [0.2, 0.25) is 10.0 Å². The molecule has 21 heavy (non-hydrogen) atoms. The number of anilines is 1. The lowest BCUT2D eigenvalue weighted by Crippen LogP contribution is -2.38. The zero-order valence-electron chi connectivity index (χ0n) is 12.4. The van der Waals surface area contributed by atoms with Crippen LogP contribution in [0.1, 0.15) is 20.3 Å². The highest BCUT2D eigenvalue weighted by atomic mass is 32.2. The summed E-state index contributed by atoms with van der Waals surface area (Å²) in [7, 11) is -3.88. The molecule has 7 heteroatoms. The second-order valence-corrected chi connectivity index (χ2v) is 7.06. The molecule has 1 aromatic rings. The molecular formula is C14H22FN3O2S. The average Bonchev–Trinajstić information content (AvgIpc) is 2.90. The van der Waals surface area contributed by atoms with Crippen LogP contribution in [0.4, 0.5) is 10.1 Å². The van der Waals surface area contributed by atoms with Crippen LogP contribution in [-0.2, 0) is 10.0 Å². The maximum Gasteiger partial charge on any atom is 0.248 e. The maximum atomic E-state index is 13.9. The van der Waals surface area contributed by atoms with E-state index in [1.54, 1.807) is 0 Å². The van der Waals surface area contributed by atoms with Crippen molar-refractivity contribution >= 4 is 15.7 Å². The highest BCUT2D eigenvalue weighted by Gasteiger charge is 2.36. The Kier molecular flexibility index (Phi) is 4.85. The zero-order chi connectivity index (χ0) is 15.6. The van der Waals surface area contributed by atoms with Gasteiger partial charge in [0.05, 0.1) is 5.69 Å². The molecule has 0 aliphatic carbocycles. The average molecular weight is 315 g/mol. The minimum atomic E-state index is -3.88. The van der Waals surface area contributed by atoms with E-state index in [1.807, 2.05) is 0 Å². The monoisotopic (exact) mass is 315 g/mol. The molecule has 0 saturated carbocycles. The fourth-order valence-electron chi connectivity index (χ4n) is 2.89. The molecule has 2 rings (SSSR count). The van der Waals surface area contributed by atoms with Gasteiger partial charge in [0, 0.05) is 19.1 Å². The predicted molar refractivity (Wildman–Crippen MR) is 80.9 cm³/mol. The summed E-state index contributed by atoms with van der Waals surface area (Å²) in [6, 6.07) is 4.13. The van der Waals surface area contributed by atoms with Crippen molar-refractivity contribution in [3.05, 3.63) is 24.0 Å². The molecule has 1 unspecified atom stereocenters. The number of hydrogen-bond donors (Lipinski definition) is 1. The van der Waals surface area contributed by atoms with Gasteiger partial charge in [-0.15, -0.1) is 0 Å². The molecule has 1 aromatic carbocycles. The Morgan fingerprint density at radius 2 is 2.05 bits per heavy atom. The summed E-state index contributed by atoms with van der Waals surface area (Å²) in [5.41, 5.74) is 5.63. The molecular weight excluding hydrogens is 293 g/mol. The number of benzene rings is 1. The minimum Gasteiger partial charge on any atom is -0.398 e. The molecule has 0 bridgehead atoms. The summed E-state index contributed by atoms with van der Waals surface area (Å²) in [5, 5.41) is 0. The van der Waals surface area contributed by atoms with Gasteiger partial charge in [0.15, 0.2) is 0 Å². The van der Waals surface area contributed by atoms with Crippen LogP contribution < -0.4 is 5.73 Å². The van der Waals surface area contributed by atoms with Crippen LogP contribution in [0, 0.1) is 5.82 Å². The number of hydrogen-bond acceptors (Lipinski definition) is 4. The van der Waals surface area contributed by atoms with Gasteiger partial charge in [-0.2, -0.15) is 4.31 Å². The van der Waals surface area contributed by atoms with E-state index < -0.39 is 20.7 Å². The summed E-state index contributed by atoms with van der Waals surface area (Å²) >= 11 is 0. The second-order valence-electron chi connectivity index (χ2n) is 5.18. The Hall–Kier alpha value is -1.18. The van der Waals surface area contributed by atoms with Gasteiger partial charge in [-0.25, -0.2) is 12.8 Å². The highest BCUT2D eigenvalue weighted by molar-refractivity contribution is 7.89. The van der Waals surface area contributed by atoms with E-state index in [2.05, 4.69) is 18.7 Å². The second kappa shape index (κ2) is 6.29. The van der Waals surface area contributed by atoms with Crippen molar-refractivity contribution < 1.29 is 12.8 Å². The van der Waals surface area contributed by atoms with Crippen LogP contribution in [0.25, 0.3) is 0 Å². The fraction of sp³-hybridized carbons (Fsp3) is 0.571. The predicted octanol–water partition coefficient (Wildman–Crippen LogP) is 1.51. The molecule has 118 valence electrons. The quantitative estimate of drug-likeness (QED) is 0.837. The van der Waals surface area contributed by atoms with Crippen LogP contribution in [0.15, 0.2) is 23.1 Å². The number of sulfonamides is 1. The lowest BCUT2D eigenvalue weighted by Gasteiger charge is -2.26. The molecule has 0 spiro atoms. The van der Waals surface area contributed by atoms with Crippen molar-refractivity contribution in [2.45, 2.75) is 31.2 Å². The lowest BCUT2D eigenvalue weighted by atomic mass is 10.2. The van der Waals surface area contributed by atoms with Gasteiger partial charge >= 0.3 is 0 Å². The van der Waals surface area contributed by atoms with Crippen molar-refractivity contribution in [2.75, 3.05) is 31.9 Å². The van der Waals surface area contributed by atoms with Crippen LogP contribution in [0.5, 0.6) is 0 Å². The van der Waals surface area contributed by atoms with Gasteiger partial charge in [-0.05, 0) is 31.6 Å². The Balaban J connectivity index is 2.26. The first-order valence-corrected chi connectivity index (χ1v) is 8.64. The van der Waals surface area contributed by atoms with Crippen LogP contribution in [-0.4, -0.2) is 49.8 Å². The first kappa shape index (κ1) is 16.2. The number of nitrogens with zero attached hydrogens (tertiary/aromatic N) is 2. The third-order valence-corrected chi connectivity index (χ3v) is 6.01. The first-order valence-electron chi connectivity index (χ1n) is 7.20. The number of rotatable bonds is 5. The Morgan fingerprint density at radius 3 is 2.62 bits per heavy atom. The van der Waals surface area contributed by atoms with Gasteiger partial charge in [-0.1, -0.05) is 19.9 Å². The third kappa shape index (κ3) is 3.04. The van der Waals surface area contributed by atoms with Gasteiger partial charge < -0.3 is 5.73 Å². The molecule has 1 atom stereocenters. The summed E-state index contributed by atoms with van der Waals surface area (Å²) < 4.78 is 40.4. The first-order chi connectivity index (χ1) is 9.91. The normalized spacial score (nSPS) is 20.3. The van der Waals surface area contributed by atoms with Crippen molar-refractivity contribution in [1.29, 1.82) is 0 Å². The summed E-state index contributed by atoms with van der Waals surface area (Å²) in [6.07, 6.45) is 0.759. The topological polar surface area (TPSA) is 66.6 Å². The molecule has 0 aromatic heterocycles. The summed E-state index contributed by atoms with van der Waals surface area (Å²) in [5.74, 6) is -0.790. The molecule has 5 nitrogen and oxygen atoms in total. The number of nitrogen functional groups attached to an aromatic ring is 1. The molecule has 1 fully saturated rings. The van der Waals surface area contributed by atoms with Crippen LogP contribution >= 0.6 is 0 Å². The van der Waals surface area contributed by atoms with Crippen molar-refractivity contribution in [2.24, 2.45) is 0 Å². The Morgan fingerprint density at radius 1 is 1.38 bits per heavy atom. The SMILES string of the molecule is CCN(CC)C1CCN(S(=O)(=O)c2c(N)cccc2F)C1.